The van der Waals surface area contributed by atoms with Gasteiger partial charge >= 0.3 is 0 Å². The minimum atomic E-state index is 0.223. The summed E-state index contributed by atoms with van der Waals surface area (Å²) in [6.07, 6.45) is 0. The molecule has 1 atom stereocenters. The number of fused-ring (bicyclic) bond motifs is 2. The molecule has 4 aromatic carbocycles. The van der Waals surface area contributed by atoms with Gasteiger partial charge in [-0.15, -0.1) is 0 Å². The van der Waals surface area contributed by atoms with Gasteiger partial charge in [0.25, 0.3) is 0 Å². The number of methoxy groups -OCH3 is 1. The monoisotopic (exact) mass is 425 g/mol. The molecule has 0 fully saturated rings. The third-order valence-corrected chi connectivity index (χ3v) is 6.02. The van der Waals surface area contributed by atoms with Gasteiger partial charge in [0, 0.05) is 18.2 Å². The summed E-state index contributed by atoms with van der Waals surface area (Å²) in [7, 11) is 1.71. The van der Waals surface area contributed by atoms with Crippen molar-refractivity contribution in [2.45, 2.75) is 19.5 Å². The van der Waals surface area contributed by atoms with Crippen LogP contribution in [0.2, 0.25) is 0 Å². The highest BCUT2D eigenvalue weighted by Gasteiger charge is 2.15. The predicted molar refractivity (Wildman–Crippen MR) is 129 cm³/mol. The van der Waals surface area contributed by atoms with E-state index < -0.39 is 0 Å². The van der Waals surface area contributed by atoms with Crippen LogP contribution in [0.15, 0.2) is 78.9 Å². The first-order valence-corrected chi connectivity index (χ1v) is 11.0. The van der Waals surface area contributed by atoms with E-state index in [4.69, 9.17) is 14.2 Å². The Hall–Kier alpha value is -3.50. The Kier molecular flexibility index (Phi) is 5.70. The Morgan fingerprint density at radius 2 is 1.69 bits per heavy atom. The third-order valence-electron chi connectivity index (χ3n) is 6.02. The van der Waals surface area contributed by atoms with E-state index in [1.807, 2.05) is 18.2 Å². The summed E-state index contributed by atoms with van der Waals surface area (Å²) < 4.78 is 17.1. The van der Waals surface area contributed by atoms with Gasteiger partial charge in [0.05, 0.1) is 7.11 Å². The summed E-state index contributed by atoms with van der Waals surface area (Å²) in [5.74, 6) is 2.41. The lowest BCUT2D eigenvalue weighted by atomic mass is 9.99. The second-order valence-electron chi connectivity index (χ2n) is 8.06. The summed E-state index contributed by atoms with van der Waals surface area (Å²) >= 11 is 0. The lowest BCUT2D eigenvalue weighted by molar-refractivity contribution is 0.171. The number of benzene rings is 4. The Labute approximate surface area is 188 Å². The van der Waals surface area contributed by atoms with Gasteiger partial charge in [-0.2, -0.15) is 0 Å². The highest BCUT2D eigenvalue weighted by atomic mass is 16.6. The molecule has 0 saturated carbocycles. The van der Waals surface area contributed by atoms with Crippen LogP contribution < -0.4 is 19.5 Å². The van der Waals surface area contributed by atoms with Crippen LogP contribution in [0.3, 0.4) is 0 Å². The maximum atomic E-state index is 5.77. The van der Waals surface area contributed by atoms with E-state index in [2.05, 4.69) is 72.9 Å². The number of hydrogen-bond acceptors (Lipinski definition) is 4. The molecule has 0 spiro atoms. The maximum absolute atomic E-state index is 5.77. The molecule has 0 aliphatic carbocycles. The van der Waals surface area contributed by atoms with Crippen molar-refractivity contribution in [1.29, 1.82) is 0 Å². The largest absolute Gasteiger partial charge is 0.496 e. The molecule has 4 aromatic rings. The van der Waals surface area contributed by atoms with Crippen LogP contribution >= 0.6 is 0 Å². The highest BCUT2D eigenvalue weighted by molar-refractivity contribution is 5.86. The van der Waals surface area contributed by atoms with Crippen LogP contribution in [0.25, 0.3) is 21.9 Å². The van der Waals surface area contributed by atoms with E-state index in [9.17, 15) is 0 Å². The van der Waals surface area contributed by atoms with Crippen molar-refractivity contribution in [3.05, 3.63) is 90.0 Å². The summed E-state index contributed by atoms with van der Waals surface area (Å²) in [6.45, 7) is 4.13. The molecule has 162 valence electrons. The minimum absolute atomic E-state index is 0.223. The smallest absolute Gasteiger partial charge is 0.161 e. The molecule has 1 aliphatic rings. The van der Waals surface area contributed by atoms with Crippen LogP contribution in [-0.2, 0) is 6.54 Å². The molecular weight excluding hydrogens is 398 g/mol. The standard InChI is InChI=1S/C28H27NO3/c1-19(23-9-5-7-21-6-3-4-8-24(21)23)29-18-20-10-12-26(30-2)25(16-20)22-11-13-27-28(17-22)32-15-14-31-27/h3-13,16-17,19,29H,14-15,18H2,1-2H3/t19-/m1/s1. The Morgan fingerprint density at radius 3 is 2.56 bits per heavy atom. The van der Waals surface area contributed by atoms with Gasteiger partial charge in [0.15, 0.2) is 11.5 Å². The van der Waals surface area contributed by atoms with E-state index in [1.165, 1.54) is 21.9 Å². The number of rotatable bonds is 6. The van der Waals surface area contributed by atoms with E-state index >= 15 is 0 Å². The third kappa shape index (κ3) is 4.02. The van der Waals surface area contributed by atoms with Gasteiger partial charge < -0.3 is 19.5 Å². The fraction of sp³-hybridized carbons (Fsp3) is 0.214. The Balaban J connectivity index is 1.39. The minimum Gasteiger partial charge on any atom is -0.496 e. The van der Waals surface area contributed by atoms with Gasteiger partial charge in [-0.25, -0.2) is 0 Å². The van der Waals surface area contributed by atoms with Gasteiger partial charge in [-0.05, 0) is 58.7 Å². The molecule has 1 heterocycles. The van der Waals surface area contributed by atoms with Crippen molar-refractivity contribution in [2.24, 2.45) is 0 Å². The van der Waals surface area contributed by atoms with Gasteiger partial charge in [0.2, 0.25) is 0 Å². The molecule has 5 rings (SSSR count). The molecule has 0 radical (unpaired) electrons. The Morgan fingerprint density at radius 1 is 0.875 bits per heavy atom. The molecular formula is C28H27NO3. The molecule has 0 saturated heterocycles. The molecule has 4 nitrogen and oxygen atoms in total. The molecule has 0 aromatic heterocycles. The van der Waals surface area contributed by atoms with Crippen LogP contribution in [0.4, 0.5) is 0 Å². The fourth-order valence-electron chi connectivity index (χ4n) is 4.31. The molecule has 0 unspecified atom stereocenters. The first-order valence-electron chi connectivity index (χ1n) is 11.0. The second-order valence-corrected chi connectivity index (χ2v) is 8.06. The van der Waals surface area contributed by atoms with Gasteiger partial charge in [-0.1, -0.05) is 54.6 Å². The topological polar surface area (TPSA) is 39.7 Å². The van der Waals surface area contributed by atoms with Crippen molar-refractivity contribution in [3.8, 4) is 28.4 Å². The van der Waals surface area contributed by atoms with Crippen molar-refractivity contribution in [2.75, 3.05) is 20.3 Å². The normalized spacial score (nSPS) is 13.7. The van der Waals surface area contributed by atoms with Crippen LogP contribution in [-0.4, -0.2) is 20.3 Å². The number of nitrogens with one attached hydrogen (secondary N) is 1. The van der Waals surface area contributed by atoms with Crippen molar-refractivity contribution in [3.63, 3.8) is 0 Å². The predicted octanol–water partition coefficient (Wildman–Crippen LogP) is 6.14. The molecule has 4 heteroatoms. The van der Waals surface area contributed by atoms with E-state index in [0.29, 0.717) is 13.2 Å². The van der Waals surface area contributed by atoms with Crippen molar-refractivity contribution < 1.29 is 14.2 Å². The maximum Gasteiger partial charge on any atom is 0.161 e. The molecule has 0 bridgehead atoms. The fourth-order valence-corrected chi connectivity index (χ4v) is 4.31. The summed E-state index contributed by atoms with van der Waals surface area (Å²) in [5.41, 5.74) is 4.60. The van der Waals surface area contributed by atoms with E-state index in [1.54, 1.807) is 7.11 Å². The van der Waals surface area contributed by atoms with Crippen LogP contribution in [0.5, 0.6) is 17.2 Å². The summed E-state index contributed by atoms with van der Waals surface area (Å²) in [5, 5.41) is 6.25. The molecule has 1 aliphatic heterocycles. The average molecular weight is 426 g/mol. The molecule has 0 amide bonds. The van der Waals surface area contributed by atoms with Gasteiger partial charge in [-0.3, -0.25) is 0 Å². The number of hydrogen-bond donors (Lipinski definition) is 1. The van der Waals surface area contributed by atoms with E-state index in [0.717, 1.165) is 34.9 Å². The van der Waals surface area contributed by atoms with E-state index in [-0.39, 0.29) is 6.04 Å². The summed E-state index contributed by atoms with van der Waals surface area (Å²) in [4.78, 5) is 0. The van der Waals surface area contributed by atoms with Gasteiger partial charge in [0.1, 0.15) is 19.0 Å². The number of ether oxygens (including phenoxy) is 3. The van der Waals surface area contributed by atoms with Crippen LogP contribution in [0, 0.1) is 0 Å². The SMILES string of the molecule is COc1ccc(CN[C@H](C)c2cccc3ccccc23)cc1-c1ccc2c(c1)OCCO2. The first kappa shape index (κ1) is 20.4. The first-order chi connectivity index (χ1) is 15.7. The highest BCUT2D eigenvalue weighted by Crippen LogP contribution is 2.38. The quantitative estimate of drug-likeness (QED) is 0.403. The van der Waals surface area contributed by atoms with Crippen LogP contribution in [0.1, 0.15) is 24.1 Å². The molecule has 1 N–H and O–H groups in total. The second kappa shape index (κ2) is 8.93. The molecule has 32 heavy (non-hydrogen) atoms. The summed E-state index contributed by atoms with van der Waals surface area (Å²) in [6, 6.07) is 27.6. The average Bonchev–Trinajstić information content (AvgIpc) is 2.86. The Bertz CT molecular complexity index is 1250. The zero-order valence-electron chi connectivity index (χ0n) is 18.4. The van der Waals surface area contributed by atoms with Crippen molar-refractivity contribution >= 4 is 10.8 Å². The lowest BCUT2D eigenvalue weighted by Gasteiger charge is -2.20. The lowest BCUT2D eigenvalue weighted by Crippen LogP contribution is -2.18. The van der Waals surface area contributed by atoms with Crippen molar-refractivity contribution in [1.82, 2.24) is 5.32 Å². The zero-order chi connectivity index (χ0) is 21.9. The zero-order valence-corrected chi connectivity index (χ0v) is 18.4.